The number of hydrogen-bond acceptors (Lipinski definition) is 3. The molecule has 0 atom stereocenters. The average Bonchev–Trinajstić information content (AvgIpc) is 2.53. The lowest BCUT2D eigenvalue weighted by molar-refractivity contribution is 0.438. The summed E-state index contributed by atoms with van der Waals surface area (Å²) < 4.78 is 0. The van der Waals surface area contributed by atoms with Crippen molar-refractivity contribution < 1.29 is 0 Å². The van der Waals surface area contributed by atoms with Gasteiger partial charge in [0.25, 0.3) is 0 Å². The van der Waals surface area contributed by atoms with Gasteiger partial charge >= 0.3 is 0 Å². The highest BCUT2D eigenvalue weighted by molar-refractivity contribution is 6.36. The fourth-order valence-corrected chi connectivity index (χ4v) is 3.31. The molecule has 0 spiro atoms. The third kappa shape index (κ3) is 3.85. The van der Waals surface area contributed by atoms with Gasteiger partial charge in [-0.25, -0.2) is 0 Å². The zero-order valence-corrected chi connectivity index (χ0v) is 14.7. The summed E-state index contributed by atoms with van der Waals surface area (Å²) in [5, 5.41) is 4.51. The van der Waals surface area contributed by atoms with Gasteiger partial charge in [0.1, 0.15) is 0 Å². The number of halogens is 2. The maximum absolute atomic E-state index is 6.24. The molecule has 0 amide bonds. The van der Waals surface area contributed by atoms with E-state index < -0.39 is 0 Å². The number of rotatable bonds is 3. The molecule has 2 aromatic rings. The summed E-state index contributed by atoms with van der Waals surface area (Å²) in [4.78, 5) is 2.41. The van der Waals surface area contributed by atoms with Gasteiger partial charge in [-0.15, -0.1) is 0 Å². The zero-order chi connectivity index (χ0) is 16.4. The van der Waals surface area contributed by atoms with E-state index in [2.05, 4.69) is 29.3 Å². The minimum absolute atomic E-state index is 0.578. The van der Waals surface area contributed by atoms with Gasteiger partial charge in [0.2, 0.25) is 0 Å². The van der Waals surface area contributed by atoms with Crippen molar-refractivity contribution in [3.8, 4) is 0 Å². The molecule has 0 bridgehead atoms. The van der Waals surface area contributed by atoms with Crippen LogP contribution >= 0.6 is 23.2 Å². The van der Waals surface area contributed by atoms with Gasteiger partial charge in [0.05, 0.1) is 22.1 Å². The topological polar surface area (TPSA) is 41.3 Å². The fourth-order valence-electron chi connectivity index (χ4n) is 2.85. The van der Waals surface area contributed by atoms with Crippen molar-refractivity contribution in [2.45, 2.75) is 19.8 Å². The van der Waals surface area contributed by atoms with Crippen molar-refractivity contribution in [3.63, 3.8) is 0 Å². The smallest absolute Gasteiger partial charge is 0.0655 e. The molecule has 0 aromatic heterocycles. The fraction of sp³-hybridized carbons (Fsp3) is 0.333. The molecule has 5 heteroatoms. The summed E-state index contributed by atoms with van der Waals surface area (Å²) in [5.41, 5.74) is 9.68. The van der Waals surface area contributed by atoms with Crippen LogP contribution in [0.1, 0.15) is 19.8 Å². The lowest BCUT2D eigenvalue weighted by Gasteiger charge is -2.32. The molecule has 3 nitrogen and oxygen atoms in total. The first-order valence-corrected chi connectivity index (χ1v) is 8.65. The Bertz CT molecular complexity index is 695. The molecule has 0 aliphatic carbocycles. The highest BCUT2D eigenvalue weighted by atomic mass is 35.5. The van der Waals surface area contributed by atoms with Crippen molar-refractivity contribution in [2.75, 3.05) is 29.0 Å². The molecule has 0 saturated carbocycles. The first-order valence-electron chi connectivity index (χ1n) is 7.89. The molecule has 1 aliphatic heterocycles. The van der Waals surface area contributed by atoms with Crippen molar-refractivity contribution in [3.05, 3.63) is 46.4 Å². The summed E-state index contributed by atoms with van der Waals surface area (Å²) in [6.45, 7) is 4.49. The Balaban J connectivity index is 1.83. The Morgan fingerprint density at radius 3 is 2.48 bits per heavy atom. The molecule has 3 rings (SSSR count). The average molecular weight is 350 g/mol. The van der Waals surface area contributed by atoms with E-state index in [0.717, 1.165) is 30.4 Å². The van der Waals surface area contributed by atoms with Gasteiger partial charge in [-0.3, -0.25) is 0 Å². The standard InChI is InChI=1S/C18H21Cl2N3/c1-12-6-8-23(9-7-12)14-3-4-16(21)18(11-14)22-17-5-2-13(19)10-15(17)20/h2-5,10-12,22H,6-9,21H2,1H3. The van der Waals surface area contributed by atoms with Gasteiger partial charge in [-0.1, -0.05) is 30.1 Å². The number of anilines is 4. The number of nitrogens with two attached hydrogens (primary N) is 1. The third-order valence-corrected chi connectivity index (χ3v) is 4.93. The Morgan fingerprint density at radius 1 is 1.04 bits per heavy atom. The molecule has 1 aliphatic rings. The number of nitrogens with one attached hydrogen (secondary N) is 1. The second-order valence-electron chi connectivity index (χ2n) is 6.19. The Morgan fingerprint density at radius 2 is 1.78 bits per heavy atom. The van der Waals surface area contributed by atoms with Gasteiger partial charge < -0.3 is 16.0 Å². The van der Waals surface area contributed by atoms with Crippen molar-refractivity contribution >= 4 is 46.0 Å². The second kappa shape index (κ2) is 6.90. The minimum atomic E-state index is 0.578. The monoisotopic (exact) mass is 349 g/mol. The van der Waals surface area contributed by atoms with Crippen LogP contribution in [0, 0.1) is 5.92 Å². The number of hydrogen-bond donors (Lipinski definition) is 2. The predicted molar refractivity (Wildman–Crippen MR) is 101 cm³/mol. The molecule has 23 heavy (non-hydrogen) atoms. The van der Waals surface area contributed by atoms with Crippen LogP contribution in [-0.4, -0.2) is 13.1 Å². The maximum Gasteiger partial charge on any atom is 0.0655 e. The van der Waals surface area contributed by atoms with Crippen LogP contribution in [0.25, 0.3) is 0 Å². The summed E-state index contributed by atoms with van der Waals surface area (Å²) in [5.74, 6) is 0.811. The van der Waals surface area contributed by atoms with Crippen LogP contribution < -0.4 is 16.0 Å². The van der Waals surface area contributed by atoms with Crippen molar-refractivity contribution in [1.82, 2.24) is 0 Å². The highest BCUT2D eigenvalue weighted by Gasteiger charge is 2.17. The van der Waals surface area contributed by atoms with E-state index in [9.17, 15) is 0 Å². The van der Waals surface area contributed by atoms with E-state index in [-0.39, 0.29) is 0 Å². The summed E-state index contributed by atoms with van der Waals surface area (Å²) >= 11 is 12.2. The van der Waals surface area contributed by atoms with E-state index in [0.29, 0.717) is 15.7 Å². The van der Waals surface area contributed by atoms with E-state index in [1.165, 1.54) is 18.5 Å². The molecule has 0 unspecified atom stereocenters. The molecule has 0 radical (unpaired) electrons. The highest BCUT2D eigenvalue weighted by Crippen LogP contribution is 2.33. The molecular weight excluding hydrogens is 329 g/mol. The van der Waals surface area contributed by atoms with Crippen LogP contribution in [0.5, 0.6) is 0 Å². The Kier molecular flexibility index (Phi) is 4.88. The molecule has 2 aromatic carbocycles. The predicted octanol–water partition coefficient (Wildman–Crippen LogP) is 5.56. The van der Waals surface area contributed by atoms with Crippen molar-refractivity contribution in [1.29, 1.82) is 0 Å². The minimum Gasteiger partial charge on any atom is -0.397 e. The van der Waals surface area contributed by atoms with Gasteiger partial charge in [0.15, 0.2) is 0 Å². The zero-order valence-electron chi connectivity index (χ0n) is 13.2. The first-order chi connectivity index (χ1) is 11.0. The summed E-state index contributed by atoms with van der Waals surface area (Å²) in [7, 11) is 0. The van der Waals surface area contributed by atoms with Crippen LogP contribution in [0.4, 0.5) is 22.7 Å². The number of piperidine rings is 1. The SMILES string of the molecule is CC1CCN(c2ccc(N)c(Nc3ccc(Cl)cc3Cl)c2)CC1. The maximum atomic E-state index is 6.24. The molecule has 1 fully saturated rings. The summed E-state index contributed by atoms with van der Waals surface area (Å²) in [6.07, 6.45) is 2.46. The normalized spacial score (nSPS) is 15.7. The quantitative estimate of drug-likeness (QED) is 0.713. The van der Waals surface area contributed by atoms with E-state index in [1.54, 1.807) is 6.07 Å². The number of nitrogen functional groups attached to an aromatic ring is 1. The van der Waals surface area contributed by atoms with Crippen LogP contribution in [0.15, 0.2) is 36.4 Å². The molecule has 3 N–H and O–H groups in total. The van der Waals surface area contributed by atoms with Gasteiger partial charge in [-0.05, 0) is 55.2 Å². The van der Waals surface area contributed by atoms with Crippen LogP contribution in [0.3, 0.4) is 0 Å². The molecular formula is C18H21Cl2N3. The van der Waals surface area contributed by atoms with Crippen molar-refractivity contribution in [2.24, 2.45) is 5.92 Å². The number of nitrogens with zero attached hydrogens (tertiary/aromatic N) is 1. The van der Waals surface area contributed by atoms with Gasteiger partial charge in [0, 0.05) is 23.8 Å². The Labute approximate surface area is 147 Å². The van der Waals surface area contributed by atoms with E-state index in [1.807, 2.05) is 18.2 Å². The molecule has 122 valence electrons. The molecule has 1 saturated heterocycles. The largest absolute Gasteiger partial charge is 0.397 e. The lowest BCUT2D eigenvalue weighted by atomic mass is 9.99. The van der Waals surface area contributed by atoms with Gasteiger partial charge in [-0.2, -0.15) is 0 Å². The van der Waals surface area contributed by atoms with Crippen LogP contribution in [0.2, 0.25) is 10.0 Å². The van der Waals surface area contributed by atoms with E-state index in [4.69, 9.17) is 28.9 Å². The number of benzene rings is 2. The lowest BCUT2D eigenvalue weighted by Crippen LogP contribution is -2.32. The Hall–Kier alpha value is -1.58. The van der Waals surface area contributed by atoms with E-state index >= 15 is 0 Å². The molecule has 1 heterocycles. The van der Waals surface area contributed by atoms with Crippen LogP contribution in [-0.2, 0) is 0 Å². The first kappa shape index (κ1) is 16.3. The second-order valence-corrected chi connectivity index (χ2v) is 7.03. The third-order valence-electron chi connectivity index (χ3n) is 4.39. The summed E-state index contributed by atoms with van der Waals surface area (Å²) in [6, 6.07) is 11.5.